The Balaban J connectivity index is 1.81. The van der Waals surface area contributed by atoms with Crippen molar-refractivity contribution in [3.63, 3.8) is 0 Å². The number of hydrogen-bond acceptors (Lipinski definition) is 2. The van der Waals surface area contributed by atoms with Gasteiger partial charge in [-0.15, -0.1) is 0 Å². The Morgan fingerprint density at radius 2 is 1.86 bits per heavy atom. The van der Waals surface area contributed by atoms with Gasteiger partial charge in [0.15, 0.2) is 0 Å². The zero-order valence-corrected chi connectivity index (χ0v) is 14.0. The number of nitrogens with zero attached hydrogens (tertiary/aromatic N) is 1. The summed E-state index contributed by atoms with van der Waals surface area (Å²) in [5, 5.41) is 3.85. The molecule has 1 aliphatic heterocycles. The molecule has 2 aliphatic rings. The second-order valence-electron chi connectivity index (χ2n) is 7.79. The maximum Gasteiger partial charge on any atom is 0.0535 e. The summed E-state index contributed by atoms with van der Waals surface area (Å²) in [5.41, 5.74) is 1.51. The van der Waals surface area contributed by atoms with Gasteiger partial charge in [-0.05, 0) is 37.2 Å². The molecular formula is C19H30N2. The molecule has 21 heavy (non-hydrogen) atoms. The monoisotopic (exact) mass is 286 g/mol. The van der Waals surface area contributed by atoms with Crippen molar-refractivity contribution < 1.29 is 0 Å². The van der Waals surface area contributed by atoms with Crippen LogP contribution in [0.4, 0.5) is 0 Å². The van der Waals surface area contributed by atoms with Crippen LogP contribution in [0.1, 0.15) is 46.1 Å². The molecule has 2 fully saturated rings. The molecule has 1 aromatic carbocycles. The Kier molecular flexibility index (Phi) is 4.11. The summed E-state index contributed by atoms with van der Waals surface area (Å²) >= 11 is 0. The molecule has 1 N–H and O–H groups in total. The lowest BCUT2D eigenvalue weighted by molar-refractivity contribution is -0.0204. The fourth-order valence-electron chi connectivity index (χ4n) is 4.13. The zero-order valence-electron chi connectivity index (χ0n) is 14.0. The van der Waals surface area contributed by atoms with E-state index in [0.717, 1.165) is 25.0 Å². The molecule has 0 amide bonds. The maximum absolute atomic E-state index is 3.85. The van der Waals surface area contributed by atoms with E-state index in [2.05, 4.69) is 68.2 Å². The molecule has 3 rings (SSSR count). The van der Waals surface area contributed by atoms with E-state index < -0.39 is 0 Å². The summed E-state index contributed by atoms with van der Waals surface area (Å²) in [5.74, 6) is 1.63. The van der Waals surface area contributed by atoms with Crippen molar-refractivity contribution in [3.05, 3.63) is 35.9 Å². The molecule has 0 bridgehead atoms. The zero-order chi connectivity index (χ0) is 15.0. The molecule has 2 heteroatoms. The fourth-order valence-corrected chi connectivity index (χ4v) is 4.13. The SMILES string of the molecule is CC1CC(N2CC(C)(c3ccccc3)NCC2C(C)C)C1. The van der Waals surface area contributed by atoms with Crippen molar-refractivity contribution in [1.29, 1.82) is 0 Å². The highest BCUT2D eigenvalue weighted by molar-refractivity contribution is 5.25. The van der Waals surface area contributed by atoms with Crippen LogP contribution in [0.2, 0.25) is 0 Å². The normalized spacial score (nSPS) is 37.5. The van der Waals surface area contributed by atoms with E-state index in [4.69, 9.17) is 0 Å². The summed E-state index contributed by atoms with van der Waals surface area (Å²) in [7, 11) is 0. The number of hydrogen-bond donors (Lipinski definition) is 1. The Hall–Kier alpha value is -0.860. The summed E-state index contributed by atoms with van der Waals surface area (Å²) in [6, 6.07) is 12.4. The van der Waals surface area contributed by atoms with Gasteiger partial charge in [-0.2, -0.15) is 0 Å². The van der Waals surface area contributed by atoms with Gasteiger partial charge in [0, 0.05) is 25.2 Å². The minimum atomic E-state index is 0.0888. The Morgan fingerprint density at radius 3 is 2.43 bits per heavy atom. The first-order valence-electron chi connectivity index (χ1n) is 8.56. The average molecular weight is 286 g/mol. The molecular weight excluding hydrogens is 256 g/mol. The highest BCUT2D eigenvalue weighted by Gasteiger charge is 2.43. The molecule has 1 aromatic rings. The van der Waals surface area contributed by atoms with Crippen molar-refractivity contribution in [2.75, 3.05) is 13.1 Å². The number of nitrogens with one attached hydrogen (secondary N) is 1. The first kappa shape index (κ1) is 15.1. The van der Waals surface area contributed by atoms with E-state index in [-0.39, 0.29) is 5.54 Å². The van der Waals surface area contributed by atoms with Gasteiger partial charge in [-0.25, -0.2) is 0 Å². The minimum Gasteiger partial charge on any atom is -0.305 e. The third kappa shape index (κ3) is 2.89. The average Bonchev–Trinajstić information content (AvgIpc) is 2.44. The Morgan fingerprint density at radius 1 is 1.19 bits per heavy atom. The van der Waals surface area contributed by atoms with Crippen LogP contribution >= 0.6 is 0 Å². The molecule has 1 heterocycles. The van der Waals surface area contributed by atoms with Crippen molar-refractivity contribution in [2.24, 2.45) is 11.8 Å². The van der Waals surface area contributed by atoms with Crippen LogP contribution in [0.15, 0.2) is 30.3 Å². The van der Waals surface area contributed by atoms with Crippen LogP contribution in [-0.4, -0.2) is 30.1 Å². The quantitative estimate of drug-likeness (QED) is 0.913. The lowest BCUT2D eigenvalue weighted by Crippen LogP contribution is -2.66. The molecule has 2 atom stereocenters. The highest BCUT2D eigenvalue weighted by atomic mass is 15.3. The first-order chi connectivity index (χ1) is 9.99. The Bertz CT molecular complexity index is 464. The van der Waals surface area contributed by atoms with Crippen LogP contribution in [0, 0.1) is 11.8 Å². The van der Waals surface area contributed by atoms with E-state index in [1.54, 1.807) is 0 Å². The summed E-state index contributed by atoms with van der Waals surface area (Å²) in [6.45, 7) is 11.7. The topological polar surface area (TPSA) is 15.3 Å². The second-order valence-corrected chi connectivity index (χ2v) is 7.79. The molecule has 116 valence electrons. The van der Waals surface area contributed by atoms with E-state index in [9.17, 15) is 0 Å². The summed E-state index contributed by atoms with van der Waals surface area (Å²) in [6.07, 6.45) is 2.77. The largest absolute Gasteiger partial charge is 0.305 e. The standard InChI is InChI=1S/C19H30N2/c1-14(2)18-12-20-19(4,16-8-6-5-7-9-16)13-21(18)17-10-15(3)11-17/h5-9,14-15,17-18,20H,10-13H2,1-4H3. The third-order valence-corrected chi connectivity index (χ3v) is 5.62. The van der Waals surface area contributed by atoms with E-state index in [1.807, 2.05) is 0 Å². The van der Waals surface area contributed by atoms with E-state index >= 15 is 0 Å². The van der Waals surface area contributed by atoms with Crippen molar-refractivity contribution in [3.8, 4) is 0 Å². The van der Waals surface area contributed by atoms with Gasteiger partial charge in [0.1, 0.15) is 0 Å². The van der Waals surface area contributed by atoms with Crippen LogP contribution in [0.3, 0.4) is 0 Å². The van der Waals surface area contributed by atoms with Gasteiger partial charge in [0.2, 0.25) is 0 Å². The molecule has 0 aromatic heterocycles. The molecule has 1 saturated carbocycles. The first-order valence-corrected chi connectivity index (χ1v) is 8.56. The minimum absolute atomic E-state index is 0.0888. The molecule has 1 aliphatic carbocycles. The summed E-state index contributed by atoms with van der Waals surface area (Å²) in [4.78, 5) is 2.81. The predicted molar refractivity (Wildman–Crippen MR) is 89.3 cm³/mol. The van der Waals surface area contributed by atoms with Crippen LogP contribution < -0.4 is 5.32 Å². The number of benzene rings is 1. The maximum atomic E-state index is 3.85. The van der Waals surface area contributed by atoms with Gasteiger partial charge in [-0.1, -0.05) is 51.1 Å². The van der Waals surface area contributed by atoms with Crippen LogP contribution in [0.5, 0.6) is 0 Å². The molecule has 2 nitrogen and oxygen atoms in total. The van der Waals surface area contributed by atoms with Crippen LogP contribution in [0.25, 0.3) is 0 Å². The fraction of sp³-hybridized carbons (Fsp3) is 0.684. The number of piperazine rings is 1. The molecule has 0 radical (unpaired) electrons. The van der Waals surface area contributed by atoms with Crippen molar-refractivity contribution in [1.82, 2.24) is 10.2 Å². The molecule has 1 saturated heterocycles. The second kappa shape index (κ2) is 5.73. The van der Waals surface area contributed by atoms with Crippen LogP contribution in [-0.2, 0) is 5.54 Å². The van der Waals surface area contributed by atoms with Crippen molar-refractivity contribution >= 4 is 0 Å². The lowest BCUT2D eigenvalue weighted by Gasteiger charge is -2.54. The smallest absolute Gasteiger partial charge is 0.0535 e. The Labute approximate surface area is 129 Å². The van der Waals surface area contributed by atoms with E-state index in [0.29, 0.717) is 12.0 Å². The van der Waals surface area contributed by atoms with Gasteiger partial charge in [0.05, 0.1) is 5.54 Å². The van der Waals surface area contributed by atoms with E-state index in [1.165, 1.54) is 18.4 Å². The number of rotatable bonds is 3. The third-order valence-electron chi connectivity index (χ3n) is 5.62. The molecule has 2 unspecified atom stereocenters. The van der Waals surface area contributed by atoms with Gasteiger partial charge in [0.25, 0.3) is 0 Å². The highest BCUT2D eigenvalue weighted by Crippen LogP contribution is 2.37. The van der Waals surface area contributed by atoms with Crippen molar-refractivity contribution in [2.45, 2.75) is 58.2 Å². The lowest BCUT2D eigenvalue weighted by atomic mass is 9.77. The predicted octanol–water partition coefficient (Wildman–Crippen LogP) is 3.63. The van der Waals surface area contributed by atoms with Gasteiger partial charge < -0.3 is 5.32 Å². The van der Waals surface area contributed by atoms with Gasteiger partial charge >= 0.3 is 0 Å². The summed E-state index contributed by atoms with van der Waals surface area (Å²) < 4.78 is 0. The van der Waals surface area contributed by atoms with Gasteiger partial charge in [-0.3, -0.25) is 4.90 Å². The molecule has 0 spiro atoms.